The standard InChI is InChI=1S/C10H19N5O/c1-5-10(3,4)13-9(16)11-6-8-12-7(2)14-15-8/h5-6H2,1-4H3,(H2,11,13,16)(H,12,14,15). The molecule has 6 nitrogen and oxygen atoms in total. The first-order valence-electron chi connectivity index (χ1n) is 5.37. The first-order valence-corrected chi connectivity index (χ1v) is 5.37. The number of aromatic nitrogens is 3. The number of hydrogen-bond donors (Lipinski definition) is 3. The van der Waals surface area contributed by atoms with Crippen molar-refractivity contribution in [3.05, 3.63) is 11.6 Å². The summed E-state index contributed by atoms with van der Waals surface area (Å²) in [5.74, 6) is 1.33. The second kappa shape index (κ2) is 4.96. The molecule has 3 N–H and O–H groups in total. The van der Waals surface area contributed by atoms with Gasteiger partial charge >= 0.3 is 6.03 Å². The maximum Gasteiger partial charge on any atom is 0.315 e. The van der Waals surface area contributed by atoms with Crippen molar-refractivity contribution in [3.63, 3.8) is 0 Å². The van der Waals surface area contributed by atoms with Crippen molar-refractivity contribution >= 4 is 6.03 Å². The van der Waals surface area contributed by atoms with Crippen LogP contribution >= 0.6 is 0 Å². The zero-order valence-electron chi connectivity index (χ0n) is 10.2. The molecule has 2 amide bonds. The molecule has 1 rings (SSSR count). The monoisotopic (exact) mass is 225 g/mol. The zero-order valence-corrected chi connectivity index (χ0v) is 10.2. The largest absolute Gasteiger partial charge is 0.333 e. The third-order valence-corrected chi connectivity index (χ3v) is 2.39. The van der Waals surface area contributed by atoms with Gasteiger partial charge in [0.1, 0.15) is 5.82 Å². The van der Waals surface area contributed by atoms with Crippen molar-refractivity contribution < 1.29 is 4.79 Å². The van der Waals surface area contributed by atoms with Crippen molar-refractivity contribution in [3.8, 4) is 0 Å². The second-order valence-corrected chi connectivity index (χ2v) is 4.38. The van der Waals surface area contributed by atoms with Gasteiger partial charge in [-0.3, -0.25) is 5.10 Å². The highest BCUT2D eigenvalue weighted by atomic mass is 16.2. The van der Waals surface area contributed by atoms with Crippen LogP contribution in [0.4, 0.5) is 4.79 Å². The number of aromatic amines is 1. The summed E-state index contributed by atoms with van der Waals surface area (Å²) in [5.41, 5.74) is -0.195. The van der Waals surface area contributed by atoms with Crippen LogP contribution in [0.3, 0.4) is 0 Å². The minimum absolute atomic E-state index is 0.195. The highest BCUT2D eigenvalue weighted by Gasteiger charge is 2.17. The molecule has 0 fully saturated rings. The Hall–Kier alpha value is -1.59. The number of aryl methyl sites for hydroxylation is 1. The van der Waals surface area contributed by atoms with Crippen LogP contribution in [0, 0.1) is 6.92 Å². The number of carbonyl (C=O) groups is 1. The van der Waals surface area contributed by atoms with Crippen LogP contribution in [-0.2, 0) is 6.54 Å². The Labute approximate surface area is 95.2 Å². The molecule has 1 heterocycles. The minimum atomic E-state index is -0.200. The molecule has 0 aliphatic rings. The molecule has 0 saturated heterocycles. The van der Waals surface area contributed by atoms with Gasteiger partial charge in [-0.15, -0.1) is 0 Å². The molecular formula is C10H19N5O. The van der Waals surface area contributed by atoms with E-state index in [1.54, 1.807) is 0 Å². The molecule has 0 aliphatic carbocycles. The van der Waals surface area contributed by atoms with Crippen molar-refractivity contribution in [2.45, 2.75) is 46.2 Å². The van der Waals surface area contributed by atoms with Gasteiger partial charge in [-0.05, 0) is 27.2 Å². The number of amides is 2. The summed E-state index contributed by atoms with van der Waals surface area (Å²) in [4.78, 5) is 15.6. The Morgan fingerprint density at radius 1 is 1.50 bits per heavy atom. The highest BCUT2D eigenvalue weighted by molar-refractivity contribution is 5.74. The molecule has 1 aromatic rings. The molecule has 90 valence electrons. The van der Waals surface area contributed by atoms with Crippen molar-refractivity contribution in [1.29, 1.82) is 0 Å². The molecular weight excluding hydrogens is 206 g/mol. The van der Waals surface area contributed by atoms with Gasteiger partial charge in [-0.1, -0.05) is 6.92 Å². The quantitative estimate of drug-likeness (QED) is 0.717. The van der Waals surface area contributed by atoms with E-state index >= 15 is 0 Å². The van der Waals surface area contributed by atoms with Gasteiger partial charge in [-0.2, -0.15) is 5.10 Å². The van der Waals surface area contributed by atoms with Crippen molar-refractivity contribution in [2.24, 2.45) is 0 Å². The Morgan fingerprint density at radius 2 is 2.19 bits per heavy atom. The normalized spacial score (nSPS) is 11.2. The molecule has 0 aliphatic heterocycles. The molecule has 1 aromatic heterocycles. The predicted octanol–water partition coefficient (Wildman–Crippen LogP) is 1.10. The molecule has 16 heavy (non-hydrogen) atoms. The number of nitrogens with zero attached hydrogens (tertiary/aromatic N) is 2. The van der Waals surface area contributed by atoms with Gasteiger partial charge in [0.15, 0.2) is 5.82 Å². The zero-order chi connectivity index (χ0) is 12.2. The van der Waals surface area contributed by atoms with Crippen LogP contribution in [0.2, 0.25) is 0 Å². The molecule has 6 heteroatoms. The molecule has 0 saturated carbocycles. The fourth-order valence-corrected chi connectivity index (χ4v) is 1.07. The first-order chi connectivity index (χ1) is 7.43. The second-order valence-electron chi connectivity index (χ2n) is 4.38. The van der Waals surface area contributed by atoms with Gasteiger partial charge in [-0.25, -0.2) is 9.78 Å². The molecule has 0 radical (unpaired) electrons. The van der Waals surface area contributed by atoms with E-state index < -0.39 is 0 Å². The number of urea groups is 1. The minimum Gasteiger partial charge on any atom is -0.333 e. The summed E-state index contributed by atoms with van der Waals surface area (Å²) in [5, 5.41) is 12.2. The summed E-state index contributed by atoms with van der Waals surface area (Å²) in [6.07, 6.45) is 0.875. The van der Waals surface area contributed by atoms with E-state index in [0.29, 0.717) is 12.4 Å². The molecule has 0 bridgehead atoms. The lowest BCUT2D eigenvalue weighted by Gasteiger charge is -2.24. The lowest BCUT2D eigenvalue weighted by atomic mass is 10.0. The van der Waals surface area contributed by atoms with E-state index in [9.17, 15) is 4.79 Å². The Morgan fingerprint density at radius 3 is 2.69 bits per heavy atom. The van der Waals surface area contributed by atoms with Crippen LogP contribution in [0.25, 0.3) is 0 Å². The van der Waals surface area contributed by atoms with Gasteiger partial charge in [0.05, 0.1) is 6.54 Å². The number of nitrogens with one attached hydrogen (secondary N) is 3. The smallest absolute Gasteiger partial charge is 0.315 e. The summed E-state index contributed by atoms with van der Waals surface area (Å²) < 4.78 is 0. The van der Waals surface area contributed by atoms with Gasteiger partial charge in [0.25, 0.3) is 0 Å². The molecule has 0 spiro atoms. The van der Waals surface area contributed by atoms with Gasteiger partial charge in [0, 0.05) is 5.54 Å². The average molecular weight is 225 g/mol. The Balaban J connectivity index is 2.36. The van der Waals surface area contributed by atoms with Crippen LogP contribution in [0.15, 0.2) is 0 Å². The topological polar surface area (TPSA) is 82.7 Å². The number of hydrogen-bond acceptors (Lipinski definition) is 3. The van der Waals surface area contributed by atoms with E-state index in [-0.39, 0.29) is 11.6 Å². The Kier molecular flexibility index (Phi) is 3.87. The lowest BCUT2D eigenvalue weighted by molar-refractivity contribution is 0.228. The Bertz CT molecular complexity index is 358. The summed E-state index contributed by atoms with van der Waals surface area (Å²) in [7, 11) is 0. The van der Waals surface area contributed by atoms with E-state index in [0.717, 1.165) is 12.2 Å². The van der Waals surface area contributed by atoms with Gasteiger partial charge in [0.2, 0.25) is 0 Å². The fraction of sp³-hybridized carbons (Fsp3) is 0.700. The summed E-state index contributed by atoms with van der Waals surface area (Å²) >= 11 is 0. The highest BCUT2D eigenvalue weighted by Crippen LogP contribution is 2.05. The van der Waals surface area contributed by atoms with Crippen LogP contribution in [0.1, 0.15) is 38.8 Å². The van der Waals surface area contributed by atoms with E-state index in [4.69, 9.17) is 0 Å². The molecule has 0 aromatic carbocycles. The molecule has 0 unspecified atom stereocenters. The van der Waals surface area contributed by atoms with E-state index in [2.05, 4.69) is 25.8 Å². The third-order valence-electron chi connectivity index (χ3n) is 2.39. The third kappa shape index (κ3) is 3.88. The fourth-order valence-electron chi connectivity index (χ4n) is 1.07. The summed E-state index contributed by atoms with van der Waals surface area (Å²) in [6.45, 7) is 8.12. The molecule has 0 atom stereocenters. The van der Waals surface area contributed by atoms with Crippen molar-refractivity contribution in [1.82, 2.24) is 25.8 Å². The van der Waals surface area contributed by atoms with E-state index in [1.165, 1.54) is 0 Å². The van der Waals surface area contributed by atoms with E-state index in [1.807, 2.05) is 27.7 Å². The number of rotatable bonds is 4. The number of carbonyl (C=O) groups excluding carboxylic acids is 1. The number of H-pyrrole nitrogens is 1. The van der Waals surface area contributed by atoms with Crippen LogP contribution in [0.5, 0.6) is 0 Å². The average Bonchev–Trinajstić information content (AvgIpc) is 2.61. The van der Waals surface area contributed by atoms with Crippen LogP contribution < -0.4 is 10.6 Å². The first kappa shape index (κ1) is 12.5. The lowest BCUT2D eigenvalue weighted by Crippen LogP contribution is -2.47. The van der Waals surface area contributed by atoms with Crippen molar-refractivity contribution in [2.75, 3.05) is 0 Å². The SMILES string of the molecule is CCC(C)(C)NC(=O)NCc1n[nH]c(C)n1. The van der Waals surface area contributed by atoms with Gasteiger partial charge < -0.3 is 10.6 Å². The summed E-state index contributed by atoms with van der Waals surface area (Å²) in [6, 6.07) is -0.200. The maximum absolute atomic E-state index is 11.5. The van der Waals surface area contributed by atoms with Crippen LogP contribution in [-0.4, -0.2) is 26.8 Å². The predicted molar refractivity (Wildman–Crippen MR) is 60.9 cm³/mol. The maximum atomic E-state index is 11.5.